The molecule has 128 valence electrons. The Hall–Kier alpha value is -2.82. The Labute approximate surface area is 146 Å². The predicted molar refractivity (Wildman–Crippen MR) is 96.4 cm³/mol. The molecule has 1 aliphatic carbocycles. The highest BCUT2D eigenvalue weighted by Gasteiger charge is 2.46. The Morgan fingerprint density at radius 2 is 2.00 bits per heavy atom. The van der Waals surface area contributed by atoms with Gasteiger partial charge in [-0.1, -0.05) is 30.3 Å². The number of para-hydroxylation sites is 3. The zero-order valence-electron chi connectivity index (χ0n) is 14.4. The van der Waals surface area contributed by atoms with E-state index in [9.17, 15) is 4.79 Å². The third kappa shape index (κ3) is 2.97. The molecule has 2 atom stereocenters. The summed E-state index contributed by atoms with van der Waals surface area (Å²) in [5, 5.41) is 0. The minimum absolute atomic E-state index is 0.0330. The molecule has 1 N–H and O–H groups in total. The highest BCUT2D eigenvalue weighted by Crippen LogP contribution is 2.51. The number of nitrogens with one attached hydrogen (secondary N) is 1. The summed E-state index contributed by atoms with van der Waals surface area (Å²) in [4.78, 5) is 22.3. The maximum Gasteiger partial charge on any atom is 0.226 e. The first-order valence-corrected chi connectivity index (χ1v) is 8.49. The fourth-order valence-corrected chi connectivity index (χ4v) is 3.45. The lowest BCUT2D eigenvalue weighted by Crippen LogP contribution is -2.28. The Balaban J connectivity index is 1.44. The molecular formula is C20H21N3O2. The van der Waals surface area contributed by atoms with E-state index in [1.54, 1.807) is 12.0 Å². The number of aromatic amines is 1. The van der Waals surface area contributed by atoms with Crippen LogP contribution in [0.4, 0.5) is 0 Å². The van der Waals surface area contributed by atoms with Crippen molar-refractivity contribution in [2.45, 2.75) is 18.9 Å². The molecule has 4 rings (SSSR count). The number of carbonyl (C=O) groups is 1. The number of rotatable bonds is 5. The molecule has 1 aromatic heterocycles. The molecule has 0 unspecified atom stereocenters. The van der Waals surface area contributed by atoms with Gasteiger partial charge >= 0.3 is 0 Å². The molecule has 2 aromatic carbocycles. The summed E-state index contributed by atoms with van der Waals surface area (Å²) in [5.74, 6) is 2.12. The summed E-state index contributed by atoms with van der Waals surface area (Å²) in [6, 6.07) is 15.8. The highest BCUT2D eigenvalue weighted by molar-refractivity contribution is 5.83. The second kappa shape index (κ2) is 6.24. The fourth-order valence-electron chi connectivity index (χ4n) is 3.45. The van der Waals surface area contributed by atoms with Gasteiger partial charge in [-0.25, -0.2) is 4.98 Å². The van der Waals surface area contributed by atoms with Crippen molar-refractivity contribution in [2.24, 2.45) is 5.92 Å². The van der Waals surface area contributed by atoms with E-state index in [-0.39, 0.29) is 17.7 Å². The van der Waals surface area contributed by atoms with E-state index < -0.39 is 0 Å². The summed E-state index contributed by atoms with van der Waals surface area (Å²) < 4.78 is 5.42. The number of hydrogen-bond acceptors (Lipinski definition) is 3. The highest BCUT2D eigenvalue weighted by atomic mass is 16.5. The van der Waals surface area contributed by atoms with Crippen LogP contribution in [0.25, 0.3) is 11.0 Å². The molecule has 3 aromatic rings. The molecular weight excluding hydrogens is 314 g/mol. The van der Waals surface area contributed by atoms with Crippen molar-refractivity contribution in [3.63, 3.8) is 0 Å². The molecule has 1 amide bonds. The van der Waals surface area contributed by atoms with Gasteiger partial charge in [-0.2, -0.15) is 0 Å². The smallest absolute Gasteiger partial charge is 0.226 e. The molecule has 0 spiro atoms. The largest absolute Gasteiger partial charge is 0.496 e. The van der Waals surface area contributed by atoms with Crippen molar-refractivity contribution in [2.75, 3.05) is 14.2 Å². The van der Waals surface area contributed by atoms with Gasteiger partial charge < -0.3 is 14.6 Å². The standard InChI is InChI=1S/C20H21N3O2/c1-23(12-19-21-16-8-4-5-9-17(16)22-19)20(24)15-11-14(15)13-7-3-6-10-18(13)25-2/h3-10,14-15H,11-12H2,1-2H3,(H,21,22)/t14-,15-/m0/s1. The number of benzene rings is 2. The van der Waals surface area contributed by atoms with Crippen LogP contribution in [0.2, 0.25) is 0 Å². The molecule has 0 saturated heterocycles. The van der Waals surface area contributed by atoms with Gasteiger partial charge in [0.05, 0.1) is 24.7 Å². The van der Waals surface area contributed by atoms with Crippen molar-refractivity contribution >= 4 is 16.9 Å². The van der Waals surface area contributed by atoms with Crippen LogP contribution >= 0.6 is 0 Å². The maximum atomic E-state index is 12.8. The van der Waals surface area contributed by atoms with Crippen LogP contribution < -0.4 is 4.74 Å². The molecule has 1 saturated carbocycles. The van der Waals surface area contributed by atoms with E-state index in [0.29, 0.717) is 6.54 Å². The Bertz CT molecular complexity index is 885. The molecule has 5 heteroatoms. The van der Waals surface area contributed by atoms with Gasteiger partial charge in [0.15, 0.2) is 0 Å². The number of methoxy groups -OCH3 is 1. The average Bonchev–Trinajstić information content (AvgIpc) is 3.33. The zero-order valence-corrected chi connectivity index (χ0v) is 14.4. The number of amides is 1. The first-order chi connectivity index (χ1) is 12.2. The lowest BCUT2D eigenvalue weighted by molar-refractivity contribution is -0.132. The first kappa shape index (κ1) is 15.7. The van der Waals surface area contributed by atoms with Crippen molar-refractivity contribution in [3.8, 4) is 5.75 Å². The summed E-state index contributed by atoms with van der Waals surface area (Å²) in [6.07, 6.45) is 0.879. The lowest BCUT2D eigenvalue weighted by Gasteiger charge is -2.16. The molecule has 5 nitrogen and oxygen atoms in total. The molecule has 0 aliphatic heterocycles. The van der Waals surface area contributed by atoms with Gasteiger partial charge in [-0.05, 0) is 36.1 Å². The second-order valence-corrected chi connectivity index (χ2v) is 6.59. The van der Waals surface area contributed by atoms with E-state index in [1.165, 1.54) is 0 Å². The van der Waals surface area contributed by atoms with E-state index in [0.717, 1.165) is 34.6 Å². The normalized spacial score (nSPS) is 19.0. The van der Waals surface area contributed by atoms with Crippen LogP contribution in [0.3, 0.4) is 0 Å². The number of hydrogen-bond donors (Lipinski definition) is 1. The SMILES string of the molecule is COc1ccccc1[C@@H]1C[C@@H]1C(=O)N(C)Cc1nc2ccccc2[nH]1. The van der Waals surface area contributed by atoms with Crippen LogP contribution in [0.5, 0.6) is 5.75 Å². The van der Waals surface area contributed by atoms with Crippen molar-refractivity contribution in [3.05, 3.63) is 59.9 Å². The van der Waals surface area contributed by atoms with Crippen molar-refractivity contribution in [1.29, 1.82) is 0 Å². The van der Waals surface area contributed by atoms with E-state index >= 15 is 0 Å². The number of imidazole rings is 1. The monoisotopic (exact) mass is 335 g/mol. The van der Waals surface area contributed by atoms with Crippen LogP contribution in [0, 0.1) is 5.92 Å². The van der Waals surface area contributed by atoms with Gasteiger partial charge in [0, 0.05) is 13.0 Å². The summed E-state index contributed by atoms with van der Waals surface area (Å²) in [5.41, 5.74) is 3.05. The van der Waals surface area contributed by atoms with Gasteiger partial charge in [0.1, 0.15) is 11.6 Å². The second-order valence-electron chi connectivity index (χ2n) is 6.59. The molecule has 0 radical (unpaired) electrons. The number of ether oxygens (including phenoxy) is 1. The Morgan fingerprint density at radius 1 is 1.24 bits per heavy atom. The number of fused-ring (bicyclic) bond motifs is 1. The van der Waals surface area contributed by atoms with E-state index in [4.69, 9.17) is 4.74 Å². The van der Waals surface area contributed by atoms with Gasteiger partial charge in [0.25, 0.3) is 0 Å². The number of aromatic nitrogens is 2. The third-order valence-corrected chi connectivity index (χ3v) is 4.85. The minimum atomic E-state index is 0.0330. The lowest BCUT2D eigenvalue weighted by atomic mass is 10.1. The van der Waals surface area contributed by atoms with E-state index in [1.807, 2.05) is 49.5 Å². The van der Waals surface area contributed by atoms with Crippen LogP contribution in [-0.2, 0) is 11.3 Å². The van der Waals surface area contributed by atoms with Crippen LogP contribution in [0.15, 0.2) is 48.5 Å². The molecule has 0 bridgehead atoms. The zero-order chi connectivity index (χ0) is 17.4. The predicted octanol–water partition coefficient (Wildman–Crippen LogP) is 3.33. The molecule has 1 heterocycles. The van der Waals surface area contributed by atoms with Crippen molar-refractivity contribution in [1.82, 2.24) is 14.9 Å². The van der Waals surface area contributed by atoms with Crippen molar-refractivity contribution < 1.29 is 9.53 Å². The molecule has 25 heavy (non-hydrogen) atoms. The third-order valence-electron chi connectivity index (χ3n) is 4.85. The van der Waals surface area contributed by atoms with Crippen LogP contribution in [0.1, 0.15) is 23.7 Å². The average molecular weight is 335 g/mol. The van der Waals surface area contributed by atoms with Gasteiger partial charge in [0.2, 0.25) is 5.91 Å². The maximum absolute atomic E-state index is 12.8. The summed E-state index contributed by atoms with van der Waals surface area (Å²) in [7, 11) is 3.51. The van der Waals surface area contributed by atoms with Gasteiger partial charge in [-0.15, -0.1) is 0 Å². The fraction of sp³-hybridized carbons (Fsp3) is 0.300. The van der Waals surface area contributed by atoms with Crippen LogP contribution in [-0.4, -0.2) is 34.9 Å². The number of H-pyrrole nitrogens is 1. The number of nitrogens with zero attached hydrogens (tertiary/aromatic N) is 2. The minimum Gasteiger partial charge on any atom is -0.496 e. The Kier molecular flexibility index (Phi) is 3.92. The Morgan fingerprint density at radius 3 is 2.80 bits per heavy atom. The molecule has 1 fully saturated rings. The van der Waals surface area contributed by atoms with Gasteiger partial charge in [-0.3, -0.25) is 4.79 Å². The molecule has 1 aliphatic rings. The number of carbonyl (C=O) groups excluding carboxylic acids is 1. The summed E-state index contributed by atoms with van der Waals surface area (Å²) in [6.45, 7) is 0.489. The van der Waals surface area contributed by atoms with E-state index in [2.05, 4.69) is 16.0 Å². The quantitative estimate of drug-likeness (QED) is 0.778. The summed E-state index contributed by atoms with van der Waals surface area (Å²) >= 11 is 0. The topological polar surface area (TPSA) is 58.2 Å². The first-order valence-electron chi connectivity index (χ1n) is 8.49.